The highest BCUT2D eigenvalue weighted by atomic mass is 16.6. The monoisotopic (exact) mass is 354 g/mol. The van der Waals surface area contributed by atoms with Crippen molar-refractivity contribution in [1.82, 2.24) is 4.90 Å². The van der Waals surface area contributed by atoms with Gasteiger partial charge in [-0.15, -0.1) is 0 Å². The minimum Gasteiger partial charge on any atom is -0.497 e. The van der Waals surface area contributed by atoms with Gasteiger partial charge in [-0.05, 0) is 48.9 Å². The number of hydrogen-bond donors (Lipinski definition) is 0. The number of benzene rings is 2. The van der Waals surface area contributed by atoms with Gasteiger partial charge in [0.05, 0.1) is 12.0 Å². The number of piperidine rings is 1. The standard InChI is InChI=1S/C20H22N2O4/c1-26-19-7-5-15(6-8-19)13-16-9-11-21(12-10-16)20(23)17-3-2-4-18(14-17)22(24)25/h2-8,14,16H,9-13H2,1H3. The molecule has 0 atom stereocenters. The van der Waals surface area contributed by atoms with E-state index in [1.807, 2.05) is 12.1 Å². The Labute approximate surface area is 152 Å². The lowest BCUT2D eigenvalue weighted by Crippen LogP contribution is -2.38. The SMILES string of the molecule is COc1ccc(CC2CCN(C(=O)c3cccc([N+](=O)[O-])c3)CC2)cc1. The van der Waals surface area contributed by atoms with Gasteiger partial charge in [-0.25, -0.2) is 0 Å². The van der Waals surface area contributed by atoms with E-state index in [1.165, 1.54) is 17.7 Å². The summed E-state index contributed by atoms with van der Waals surface area (Å²) in [5, 5.41) is 10.9. The molecule has 0 saturated carbocycles. The van der Waals surface area contributed by atoms with Crippen LogP contribution in [0.5, 0.6) is 5.75 Å². The summed E-state index contributed by atoms with van der Waals surface area (Å²) in [6.45, 7) is 1.37. The van der Waals surface area contributed by atoms with Crippen LogP contribution in [0.3, 0.4) is 0 Å². The maximum atomic E-state index is 12.6. The number of carbonyl (C=O) groups is 1. The topological polar surface area (TPSA) is 72.7 Å². The van der Waals surface area contributed by atoms with Gasteiger partial charge >= 0.3 is 0 Å². The van der Waals surface area contributed by atoms with Gasteiger partial charge < -0.3 is 9.64 Å². The molecule has 0 bridgehead atoms. The van der Waals surface area contributed by atoms with Crippen LogP contribution in [0.1, 0.15) is 28.8 Å². The fourth-order valence-corrected chi connectivity index (χ4v) is 3.37. The van der Waals surface area contributed by atoms with Crippen LogP contribution >= 0.6 is 0 Å². The van der Waals surface area contributed by atoms with Crippen LogP contribution in [0.4, 0.5) is 5.69 Å². The molecule has 26 heavy (non-hydrogen) atoms. The largest absolute Gasteiger partial charge is 0.497 e. The molecule has 0 N–H and O–H groups in total. The van der Waals surface area contributed by atoms with Gasteiger partial charge in [0.15, 0.2) is 0 Å². The number of nitro groups is 1. The van der Waals surface area contributed by atoms with Crippen LogP contribution in [-0.4, -0.2) is 35.9 Å². The van der Waals surface area contributed by atoms with E-state index in [0.717, 1.165) is 25.0 Å². The first kappa shape index (κ1) is 17.9. The Kier molecular flexibility index (Phi) is 5.51. The molecule has 0 aromatic heterocycles. The van der Waals surface area contributed by atoms with Gasteiger partial charge in [-0.1, -0.05) is 18.2 Å². The molecule has 1 heterocycles. The highest BCUT2D eigenvalue weighted by molar-refractivity contribution is 5.94. The fraction of sp³-hybridized carbons (Fsp3) is 0.350. The molecule has 2 aromatic carbocycles. The number of rotatable bonds is 5. The second-order valence-corrected chi connectivity index (χ2v) is 6.60. The number of methoxy groups -OCH3 is 1. The van der Waals surface area contributed by atoms with Crippen molar-refractivity contribution in [3.63, 3.8) is 0 Å². The predicted molar refractivity (Wildman–Crippen MR) is 98.4 cm³/mol. The second kappa shape index (κ2) is 7.99. The Morgan fingerprint density at radius 3 is 2.50 bits per heavy atom. The predicted octanol–water partition coefficient (Wildman–Crippen LogP) is 3.70. The van der Waals surface area contributed by atoms with Crippen molar-refractivity contribution in [3.05, 3.63) is 69.8 Å². The zero-order valence-electron chi connectivity index (χ0n) is 14.8. The first-order valence-corrected chi connectivity index (χ1v) is 8.73. The average Bonchev–Trinajstić information content (AvgIpc) is 2.68. The van der Waals surface area contributed by atoms with Crippen molar-refractivity contribution >= 4 is 11.6 Å². The number of amides is 1. The normalized spacial score (nSPS) is 14.9. The number of ether oxygens (including phenoxy) is 1. The minimum absolute atomic E-state index is 0.0507. The third-order valence-electron chi connectivity index (χ3n) is 4.89. The van der Waals surface area contributed by atoms with E-state index < -0.39 is 4.92 Å². The van der Waals surface area contributed by atoms with Gasteiger partial charge in [0.25, 0.3) is 11.6 Å². The first-order valence-electron chi connectivity index (χ1n) is 8.73. The van der Waals surface area contributed by atoms with E-state index in [1.54, 1.807) is 24.1 Å². The zero-order valence-corrected chi connectivity index (χ0v) is 14.8. The zero-order chi connectivity index (χ0) is 18.5. The lowest BCUT2D eigenvalue weighted by molar-refractivity contribution is -0.384. The summed E-state index contributed by atoms with van der Waals surface area (Å²) in [5.41, 5.74) is 1.60. The van der Waals surface area contributed by atoms with Crippen LogP contribution in [0.25, 0.3) is 0 Å². The van der Waals surface area contributed by atoms with Crippen molar-refractivity contribution in [2.75, 3.05) is 20.2 Å². The molecule has 0 spiro atoms. The molecule has 6 heteroatoms. The van der Waals surface area contributed by atoms with Crippen molar-refractivity contribution in [1.29, 1.82) is 0 Å². The molecule has 1 saturated heterocycles. The van der Waals surface area contributed by atoms with Crippen molar-refractivity contribution in [3.8, 4) is 5.75 Å². The molecular weight excluding hydrogens is 332 g/mol. The number of likely N-dealkylation sites (tertiary alicyclic amines) is 1. The highest BCUT2D eigenvalue weighted by Gasteiger charge is 2.24. The number of hydrogen-bond acceptors (Lipinski definition) is 4. The summed E-state index contributed by atoms with van der Waals surface area (Å²) in [7, 11) is 1.66. The Morgan fingerprint density at radius 1 is 1.19 bits per heavy atom. The third-order valence-corrected chi connectivity index (χ3v) is 4.89. The molecule has 1 aliphatic rings. The van der Waals surface area contributed by atoms with E-state index >= 15 is 0 Å². The molecule has 0 aliphatic carbocycles. The van der Waals surface area contributed by atoms with Gasteiger partial charge in [-0.2, -0.15) is 0 Å². The van der Waals surface area contributed by atoms with Crippen LogP contribution in [0, 0.1) is 16.0 Å². The quantitative estimate of drug-likeness (QED) is 0.606. The molecule has 6 nitrogen and oxygen atoms in total. The number of carbonyl (C=O) groups excluding carboxylic acids is 1. The highest BCUT2D eigenvalue weighted by Crippen LogP contribution is 2.24. The lowest BCUT2D eigenvalue weighted by atomic mass is 9.90. The first-order chi connectivity index (χ1) is 12.6. The Bertz CT molecular complexity index is 781. The van der Waals surface area contributed by atoms with Gasteiger partial charge in [-0.3, -0.25) is 14.9 Å². The third kappa shape index (κ3) is 4.20. The van der Waals surface area contributed by atoms with Gasteiger partial charge in [0.1, 0.15) is 5.75 Å². The van der Waals surface area contributed by atoms with Crippen LogP contribution in [0.2, 0.25) is 0 Å². The molecule has 136 valence electrons. The number of non-ortho nitro benzene ring substituents is 1. The fourth-order valence-electron chi connectivity index (χ4n) is 3.37. The van der Waals surface area contributed by atoms with E-state index in [2.05, 4.69) is 12.1 Å². The molecule has 1 amide bonds. The molecule has 1 aliphatic heterocycles. The minimum atomic E-state index is -0.474. The summed E-state index contributed by atoms with van der Waals surface area (Å²) in [6.07, 6.45) is 2.86. The molecule has 3 rings (SSSR count). The van der Waals surface area contributed by atoms with Crippen LogP contribution < -0.4 is 4.74 Å². The van der Waals surface area contributed by atoms with Crippen molar-refractivity contribution in [2.45, 2.75) is 19.3 Å². The summed E-state index contributed by atoms with van der Waals surface area (Å²) >= 11 is 0. The maximum absolute atomic E-state index is 12.6. The maximum Gasteiger partial charge on any atom is 0.270 e. The molecular formula is C20H22N2O4. The summed E-state index contributed by atoms with van der Waals surface area (Å²) in [6, 6.07) is 14.1. The Hall–Kier alpha value is -2.89. The average molecular weight is 354 g/mol. The van der Waals surface area contributed by atoms with E-state index in [0.29, 0.717) is 24.6 Å². The lowest BCUT2D eigenvalue weighted by Gasteiger charge is -2.32. The Balaban J connectivity index is 1.56. The number of nitrogens with zero attached hydrogens (tertiary/aromatic N) is 2. The Morgan fingerprint density at radius 2 is 1.88 bits per heavy atom. The molecule has 0 unspecified atom stereocenters. The van der Waals surface area contributed by atoms with Crippen LogP contribution in [0.15, 0.2) is 48.5 Å². The van der Waals surface area contributed by atoms with Gasteiger partial charge in [0.2, 0.25) is 0 Å². The van der Waals surface area contributed by atoms with E-state index in [9.17, 15) is 14.9 Å². The van der Waals surface area contributed by atoms with Crippen molar-refractivity contribution < 1.29 is 14.5 Å². The van der Waals surface area contributed by atoms with Crippen LogP contribution in [-0.2, 0) is 6.42 Å². The number of nitro benzene ring substituents is 1. The summed E-state index contributed by atoms with van der Waals surface area (Å²) in [5.74, 6) is 1.26. The molecule has 1 fully saturated rings. The molecule has 2 aromatic rings. The van der Waals surface area contributed by atoms with Crippen molar-refractivity contribution in [2.24, 2.45) is 5.92 Å². The smallest absolute Gasteiger partial charge is 0.270 e. The summed E-state index contributed by atoms with van der Waals surface area (Å²) in [4.78, 5) is 24.8. The second-order valence-electron chi connectivity index (χ2n) is 6.60. The van der Waals surface area contributed by atoms with E-state index in [-0.39, 0.29) is 11.6 Å². The molecule has 0 radical (unpaired) electrons. The van der Waals surface area contributed by atoms with E-state index in [4.69, 9.17) is 4.74 Å². The summed E-state index contributed by atoms with van der Waals surface area (Å²) < 4.78 is 5.18. The van der Waals surface area contributed by atoms with Gasteiger partial charge in [0, 0.05) is 30.8 Å².